The second-order valence-electron chi connectivity index (χ2n) is 8.70. The monoisotopic (exact) mass is 397 g/mol. The van der Waals surface area contributed by atoms with Gasteiger partial charge in [-0.15, -0.1) is 0 Å². The zero-order chi connectivity index (χ0) is 20.3. The lowest BCUT2D eigenvalue weighted by Crippen LogP contribution is -3.22. The highest BCUT2D eigenvalue weighted by Crippen LogP contribution is 2.26. The van der Waals surface area contributed by atoms with Crippen LogP contribution in [0.4, 0.5) is 0 Å². The average molecular weight is 398 g/mol. The van der Waals surface area contributed by atoms with E-state index in [4.69, 9.17) is 0 Å². The van der Waals surface area contributed by atoms with Crippen molar-refractivity contribution in [3.8, 4) is 0 Å². The van der Waals surface area contributed by atoms with Crippen molar-refractivity contribution in [2.45, 2.75) is 70.4 Å². The predicted octanol–water partition coefficient (Wildman–Crippen LogP) is 1.92. The lowest BCUT2D eigenvalue weighted by molar-refractivity contribution is -0.957. The van der Waals surface area contributed by atoms with Gasteiger partial charge in [0.1, 0.15) is 5.54 Å². The molecule has 2 aromatic rings. The molecule has 1 saturated heterocycles. The number of fused-ring (bicyclic) bond motifs is 1. The predicted molar refractivity (Wildman–Crippen MR) is 114 cm³/mol. The highest BCUT2D eigenvalue weighted by Gasteiger charge is 2.42. The van der Waals surface area contributed by atoms with Gasteiger partial charge in [-0.3, -0.25) is 9.59 Å². The van der Waals surface area contributed by atoms with E-state index in [0.29, 0.717) is 29.6 Å². The molecule has 1 aliphatic carbocycles. The summed E-state index contributed by atoms with van der Waals surface area (Å²) in [5.41, 5.74) is 0.381. The van der Waals surface area contributed by atoms with Gasteiger partial charge in [-0.2, -0.15) is 5.10 Å². The Labute approximate surface area is 172 Å². The van der Waals surface area contributed by atoms with Crippen LogP contribution < -0.4 is 15.8 Å². The molecule has 29 heavy (non-hydrogen) atoms. The van der Waals surface area contributed by atoms with Crippen LogP contribution in [0.1, 0.15) is 68.8 Å². The number of piperidine rings is 1. The van der Waals surface area contributed by atoms with E-state index in [9.17, 15) is 9.59 Å². The number of amides is 1. The molecule has 2 heterocycles. The summed E-state index contributed by atoms with van der Waals surface area (Å²) in [6, 6.07) is 7.30. The summed E-state index contributed by atoms with van der Waals surface area (Å²) in [5.74, 6) is -0.162. The molecule has 2 N–H and O–H groups in total. The third-order valence-corrected chi connectivity index (χ3v) is 6.99. The van der Waals surface area contributed by atoms with E-state index in [0.717, 1.165) is 0 Å². The van der Waals surface area contributed by atoms with Gasteiger partial charge in [0.25, 0.3) is 11.5 Å². The van der Waals surface area contributed by atoms with Crippen molar-refractivity contribution in [2.24, 2.45) is 0 Å². The summed E-state index contributed by atoms with van der Waals surface area (Å²) in [4.78, 5) is 27.5. The number of benzene rings is 1. The van der Waals surface area contributed by atoms with E-state index in [1.807, 2.05) is 25.1 Å². The van der Waals surface area contributed by atoms with Crippen LogP contribution in [0.2, 0.25) is 0 Å². The molecular formula is C23H33N4O2+. The first-order valence-corrected chi connectivity index (χ1v) is 11.3. The maximum atomic E-state index is 13.2. The van der Waals surface area contributed by atoms with Crippen molar-refractivity contribution in [1.82, 2.24) is 15.1 Å². The summed E-state index contributed by atoms with van der Waals surface area (Å²) in [5, 5.41) is 8.84. The first-order chi connectivity index (χ1) is 14.1. The number of hydrogen-bond donors (Lipinski definition) is 2. The van der Waals surface area contributed by atoms with Gasteiger partial charge < -0.3 is 10.2 Å². The lowest BCUT2D eigenvalue weighted by atomic mass is 9.79. The molecule has 2 aliphatic rings. The summed E-state index contributed by atoms with van der Waals surface area (Å²) >= 11 is 0. The molecule has 1 amide bonds. The smallest absolute Gasteiger partial charge is 0.274 e. The number of aryl methyl sites for hydroxylation is 1. The molecule has 4 rings (SSSR count). The average Bonchev–Trinajstić information content (AvgIpc) is 2.79. The number of quaternary nitrogens is 1. The fourth-order valence-electron chi connectivity index (χ4n) is 5.34. The van der Waals surface area contributed by atoms with Crippen molar-refractivity contribution in [2.75, 3.05) is 19.6 Å². The molecule has 156 valence electrons. The van der Waals surface area contributed by atoms with Gasteiger partial charge in [0.15, 0.2) is 5.69 Å². The van der Waals surface area contributed by atoms with Crippen LogP contribution in [0.5, 0.6) is 0 Å². The van der Waals surface area contributed by atoms with Crippen LogP contribution >= 0.6 is 0 Å². The van der Waals surface area contributed by atoms with Crippen LogP contribution in [0.3, 0.4) is 0 Å². The topological polar surface area (TPSA) is 68.4 Å². The van der Waals surface area contributed by atoms with Crippen molar-refractivity contribution in [3.63, 3.8) is 0 Å². The van der Waals surface area contributed by atoms with E-state index in [1.54, 1.807) is 11.0 Å². The maximum Gasteiger partial charge on any atom is 0.274 e. The normalized spacial score (nSPS) is 19.9. The highest BCUT2D eigenvalue weighted by molar-refractivity contribution is 6.04. The quantitative estimate of drug-likeness (QED) is 0.810. The summed E-state index contributed by atoms with van der Waals surface area (Å²) in [7, 11) is 0. The Morgan fingerprint density at radius 3 is 2.41 bits per heavy atom. The maximum absolute atomic E-state index is 13.2. The number of hydrogen-bond acceptors (Lipinski definition) is 3. The first-order valence-electron chi connectivity index (χ1n) is 11.3. The van der Waals surface area contributed by atoms with Crippen LogP contribution in [-0.2, 0) is 6.54 Å². The Morgan fingerprint density at radius 1 is 1.07 bits per heavy atom. The second-order valence-corrected chi connectivity index (χ2v) is 8.70. The molecule has 1 aliphatic heterocycles. The number of rotatable bonds is 5. The zero-order valence-corrected chi connectivity index (χ0v) is 17.5. The minimum Gasteiger partial charge on any atom is -0.344 e. The Kier molecular flexibility index (Phi) is 5.99. The fourth-order valence-corrected chi connectivity index (χ4v) is 5.34. The number of carbonyl (C=O) groups excluding carboxylic acids is 1. The standard InChI is InChI=1S/C23H32N4O2/c1-2-27-22(29)19-12-6-5-11-18(19)20(25-27)21(28)24-17-23(13-7-3-8-14-23)26-15-9-4-10-16-26/h5-6,11-12H,2-4,7-10,13-17H2,1H3,(H,24,28)/p+1. The molecule has 6 nitrogen and oxygen atoms in total. The van der Waals surface area contributed by atoms with Gasteiger partial charge in [-0.1, -0.05) is 24.6 Å². The second kappa shape index (κ2) is 8.66. The van der Waals surface area contributed by atoms with E-state index >= 15 is 0 Å². The number of likely N-dealkylation sites (tertiary alicyclic amines) is 1. The Bertz CT molecular complexity index is 924. The molecule has 1 aromatic heterocycles. The van der Waals surface area contributed by atoms with E-state index in [2.05, 4.69) is 10.4 Å². The van der Waals surface area contributed by atoms with Crippen LogP contribution in [0.25, 0.3) is 10.8 Å². The van der Waals surface area contributed by atoms with Gasteiger partial charge in [0, 0.05) is 24.8 Å². The molecule has 6 heteroatoms. The molecule has 0 atom stereocenters. The molecule has 0 radical (unpaired) electrons. The third kappa shape index (κ3) is 3.95. The van der Waals surface area contributed by atoms with Gasteiger partial charge in [0.2, 0.25) is 0 Å². The summed E-state index contributed by atoms with van der Waals surface area (Å²) < 4.78 is 1.39. The number of aromatic nitrogens is 2. The number of carbonyl (C=O) groups is 1. The van der Waals surface area contributed by atoms with Crippen molar-refractivity contribution in [3.05, 3.63) is 40.3 Å². The first kappa shape index (κ1) is 20.1. The summed E-state index contributed by atoms with van der Waals surface area (Å²) in [6.45, 7) is 5.46. The molecule has 2 fully saturated rings. The van der Waals surface area contributed by atoms with Crippen molar-refractivity contribution < 1.29 is 9.69 Å². The van der Waals surface area contributed by atoms with Crippen LogP contribution in [-0.4, -0.2) is 40.9 Å². The van der Waals surface area contributed by atoms with Crippen molar-refractivity contribution >= 4 is 16.7 Å². The SMILES string of the molecule is CCn1nc(C(=O)NCC2([NH+]3CCCCC3)CCCCC2)c2ccccc2c1=O. The minimum atomic E-state index is -0.162. The van der Waals surface area contributed by atoms with Crippen LogP contribution in [0, 0.1) is 0 Å². The number of nitrogens with one attached hydrogen (secondary N) is 2. The van der Waals surface area contributed by atoms with Gasteiger partial charge >= 0.3 is 0 Å². The Morgan fingerprint density at radius 2 is 1.72 bits per heavy atom. The zero-order valence-electron chi connectivity index (χ0n) is 17.5. The van der Waals surface area contributed by atoms with E-state index in [-0.39, 0.29) is 17.0 Å². The molecular weight excluding hydrogens is 364 g/mol. The summed E-state index contributed by atoms with van der Waals surface area (Å²) in [6.07, 6.45) is 10.1. The number of nitrogens with zero attached hydrogens (tertiary/aromatic N) is 2. The minimum absolute atomic E-state index is 0.138. The fraction of sp³-hybridized carbons (Fsp3) is 0.609. The molecule has 0 bridgehead atoms. The van der Waals surface area contributed by atoms with Gasteiger partial charge in [0.05, 0.1) is 25.0 Å². The Hall–Kier alpha value is -2.21. The van der Waals surface area contributed by atoms with Crippen LogP contribution in [0.15, 0.2) is 29.1 Å². The largest absolute Gasteiger partial charge is 0.344 e. The highest BCUT2D eigenvalue weighted by atomic mass is 16.2. The van der Waals surface area contributed by atoms with Gasteiger partial charge in [-0.05, 0) is 45.1 Å². The van der Waals surface area contributed by atoms with E-state index in [1.165, 1.54) is 69.1 Å². The third-order valence-electron chi connectivity index (χ3n) is 6.99. The molecule has 1 aromatic carbocycles. The lowest BCUT2D eigenvalue weighted by Gasteiger charge is -2.45. The van der Waals surface area contributed by atoms with Crippen molar-refractivity contribution in [1.29, 1.82) is 0 Å². The Balaban J connectivity index is 1.60. The molecule has 0 spiro atoms. The van der Waals surface area contributed by atoms with Gasteiger partial charge in [-0.25, -0.2) is 4.68 Å². The molecule has 0 unspecified atom stereocenters. The molecule has 1 saturated carbocycles. The van der Waals surface area contributed by atoms with E-state index < -0.39 is 0 Å².